The van der Waals surface area contributed by atoms with E-state index < -0.39 is 23.9 Å². The fourth-order valence-corrected chi connectivity index (χ4v) is 3.20. The standard InChI is InChI=1S/C17H25ClN4O5/c1-4-10-13(18)21-14(19-10)15(23)20-11-7-8-22(9-12(11)26-5-2)16(24)17(25)27-6-3/h11-12H,4-9H2,1-3H3,(H,19,21)(H,20,23)/t11-,12+/m0/s1. The third-order valence-corrected chi connectivity index (χ3v) is 4.60. The van der Waals surface area contributed by atoms with Crippen LogP contribution in [-0.2, 0) is 25.5 Å². The minimum atomic E-state index is -0.882. The molecule has 0 bridgehead atoms. The molecule has 2 heterocycles. The van der Waals surface area contributed by atoms with Gasteiger partial charge in [0.15, 0.2) is 11.0 Å². The van der Waals surface area contributed by atoms with Crippen molar-refractivity contribution in [2.24, 2.45) is 0 Å². The van der Waals surface area contributed by atoms with Crippen LogP contribution in [0.15, 0.2) is 0 Å². The number of aryl methyl sites for hydroxylation is 1. The summed E-state index contributed by atoms with van der Waals surface area (Å²) in [6, 6.07) is -0.322. The summed E-state index contributed by atoms with van der Waals surface area (Å²) in [4.78, 5) is 44.6. The molecule has 1 aliphatic heterocycles. The second-order valence-electron chi connectivity index (χ2n) is 6.04. The molecule has 10 heteroatoms. The number of piperidine rings is 1. The second kappa shape index (κ2) is 9.70. The van der Waals surface area contributed by atoms with Crippen LogP contribution in [0.2, 0.25) is 5.15 Å². The molecule has 2 atom stereocenters. The largest absolute Gasteiger partial charge is 0.459 e. The average molecular weight is 401 g/mol. The van der Waals surface area contributed by atoms with Crippen LogP contribution in [0.1, 0.15) is 43.5 Å². The zero-order valence-corrected chi connectivity index (χ0v) is 16.5. The van der Waals surface area contributed by atoms with Crippen molar-refractivity contribution in [1.29, 1.82) is 0 Å². The lowest BCUT2D eigenvalue weighted by Crippen LogP contribution is -2.57. The van der Waals surface area contributed by atoms with Gasteiger partial charge >= 0.3 is 11.9 Å². The normalized spacial score (nSPS) is 19.6. The zero-order valence-electron chi connectivity index (χ0n) is 15.7. The van der Waals surface area contributed by atoms with Crippen LogP contribution in [-0.4, -0.2) is 71.1 Å². The monoisotopic (exact) mass is 400 g/mol. The Morgan fingerprint density at radius 3 is 2.63 bits per heavy atom. The molecule has 2 rings (SSSR count). The Morgan fingerprint density at radius 2 is 2.04 bits per heavy atom. The number of amides is 2. The van der Waals surface area contributed by atoms with Crippen molar-refractivity contribution >= 4 is 29.4 Å². The lowest BCUT2D eigenvalue weighted by atomic mass is 10.0. The quantitative estimate of drug-likeness (QED) is 0.542. The first kappa shape index (κ1) is 21.2. The van der Waals surface area contributed by atoms with Crippen LogP contribution >= 0.6 is 11.6 Å². The summed E-state index contributed by atoms with van der Waals surface area (Å²) in [5.74, 6) is -1.84. The van der Waals surface area contributed by atoms with E-state index >= 15 is 0 Å². The summed E-state index contributed by atoms with van der Waals surface area (Å²) >= 11 is 5.98. The van der Waals surface area contributed by atoms with Crippen molar-refractivity contribution < 1.29 is 23.9 Å². The van der Waals surface area contributed by atoms with E-state index in [1.807, 2.05) is 13.8 Å². The Balaban J connectivity index is 2.03. The Kier molecular flexibility index (Phi) is 7.61. The van der Waals surface area contributed by atoms with E-state index in [9.17, 15) is 14.4 Å². The summed E-state index contributed by atoms with van der Waals surface area (Å²) < 4.78 is 10.4. The van der Waals surface area contributed by atoms with Gasteiger partial charge in [-0.15, -0.1) is 0 Å². The summed E-state index contributed by atoms with van der Waals surface area (Å²) in [5.41, 5.74) is 0.693. The van der Waals surface area contributed by atoms with Gasteiger partial charge in [0.05, 0.1) is 24.4 Å². The van der Waals surface area contributed by atoms with Crippen LogP contribution < -0.4 is 5.32 Å². The van der Waals surface area contributed by atoms with Crippen molar-refractivity contribution in [2.45, 2.75) is 45.8 Å². The molecule has 1 aromatic rings. The highest BCUT2D eigenvalue weighted by Crippen LogP contribution is 2.17. The van der Waals surface area contributed by atoms with E-state index in [-0.39, 0.29) is 30.2 Å². The molecule has 2 N–H and O–H groups in total. The van der Waals surface area contributed by atoms with Crippen LogP contribution in [0.4, 0.5) is 0 Å². The predicted molar refractivity (Wildman–Crippen MR) is 97.5 cm³/mol. The molecule has 0 radical (unpaired) electrons. The minimum absolute atomic E-state index is 0.136. The van der Waals surface area contributed by atoms with E-state index in [0.717, 1.165) is 0 Å². The zero-order chi connectivity index (χ0) is 20.0. The molecule has 0 spiro atoms. The number of likely N-dealkylation sites (tertiary alicyclic amines) is 1. The maximum absolute atomic E-state index is 12.5. The molecule has 0 saturated carbocycles. The maximum atomic E-state index is 12.5. The number of ether oxygens (including phenoxy) is 2. The number of aromatic amines is 1. The van der Waals surface area contributed by atoms with Gasteiger partial charge in [0.2, 0.25) is 0 Å². The third kappa shape index (κ3) is 5.20. The van der Waals surface area contributed by atoms with Crippen molar-refractivity contribution in [3.05, 3.63) is 16.7 Å². The van der Waals surface area contributed by atoms with E-state index in [4.69, 9.17) is 21.1 Å². The number of hydrogen-bond donors (Lipinski definition) is 2. The number of halogens is 1. The molecule has 2 amide bonds. The summed E-state index contributed by atoms with van der Waals surface area (Å²) in [6.45, 7) is 6.41. The van der Waals surface area contributed by atoms with Crippen molar-refractivity contribution in [2.75, 3.05) is 26.3 Å². The molecular weight excluding hydrogens is 376 g/mol. The van der Waals surface area contributed by atoms with E-state index in [2.05, 4.69) is 15.3 Å². The van der Waals surface area contributed by atoms with E-state index in [1.54, 1.807) is 6.92 Å². The van der Waals surface area contributed by atoms with Gasteiger partial charge in [-0.05, 0) is 26.7 Å². The fraction of sp³-hybridized carbons (Fsp3) is 0.647. The van der Waals surface area contributed by atoms with Crippen LogP contribution in [0.25, 0.3) is 0 Å². The smallest absolute Gasteiger partial charge is 0.397 e. The number of carbonyl (C=O) groups is 3. The minimum Gasteiger partial charge on any atom is -0.459 e. The Labute approximate surface area is 162 Å². The lowest BCUT2D eigenvalue weighted by molar-refractivity contribution is -0.162. The molecule has 1 aromatic heterocycles. The molecule has 0 aliphatic carbocycles. The number of hydrogen-bond acceptors (Lipinski definition) is 6. The van der Waals surface area contributed by atoms with Gasteiger partial charge in [0, 0.05) is 19.7 Å². The molecule has 1 aliphatic rings. The molecule has 150 valence electrons. The van der Waals surface area contributed by atoms with Gasteiger partial charge < -0.3 is 24.7 Å². The van der Waals surface area contributed by atoms with Gasteiger partial charge in [0.1, 0.15) is 0 Å². The molecule has 0 unspecified atom stereocenters. The van der Waals surface area contributed by atoms with Crippen molar-refractivity contribution in [1.82, 2.24) is 20.2 Å². The van der Waals surface area contributed by atoms with Crippen LogP contribution in [0.3, 0.4) is 0 Å². The second-order valence-corrected chi connectivity index (χ2v) is 6.40. The van der Waals surface area contributed by atoms with Gasteiger partial charge in [-0.1, -0.05) is 18.5 Å². The number of carbonyl (C=O) groups excluding carboxylic acids is 3. The molecular formula is C17H25ClN4O5. The third-order valence-electron chi connectivity index (χ3n) is 4.29. The van der Waals surface area contributed by atoms with Gasteiger partial charge in [-0.2, -0.15) is 0 Å². The highest BCUT2D eigenvalue weighted by atomic mass is 35.5. The number of H-pyrrole nitrogens is 1. The number of nitrogens with one attached hydrogen (secondary N) is 2. The first-order valence-corrected chi connectivity index (χ1v) is 9.41. The van der Waals surface area contributed by atoms with Crippen LogP contribution in [0, 0.1) is 0 Å². The highest BCUT2D eigenvalue weighted by molar-refractivity contribution is 6.32. The number of aromatic nitrogens is 2. The summed E-state index contributed by atoms with van der Waals surface area (Å²) in [6.07, 6.45) is 0.633. The van der Waals surface area contributed by atoms with Gasteiger partial charge in [0.25, 0.3) is 5.91 Å². The summed E-state index contributed by atoms with van der Waals surface area (Å²) in [5, 5.41) is 3.15. The number of nitrogens with zero attached hydrogens (tertiary/aromatic N) is 2. The molecule has 0 aromatic carbocycles. The Hall–Kier alpha value is -2.13. The number of esters is 1. The molecule has 1 fully saturated rings. The van der Waals surface area contributed by atoms with Crippen molar-refractivity contribution in [3.63, 3.8) is 0 Å². The van der Waals surface area contributed by atoms with E-state index in [1.165, 1.54) is 4.90 Å². The fourth-order valence-electron chi connectivity index (χ4n) is 2.94. The highest BCUT2D eigenvalue weighted by Gasteiger charge is 2.36. The van der Waals surface area contributed by atoms with Crippen LogP contribution in [0.5, 0.6) is 0 Å². The Bertz CT molecular complexity index is 693. The predicted octanol–water partition coefficient (Wildman–Crippen LogP) is 0.924. The Morgan fingerprint density at radius 1 is 1.30 bits per heavy atom. The number of imidazole rings is 1. The van der Waals surface area contributed by atoms with Gasteiger partial charge in [-0.25, -0.2) is 9.78 Å². The average Bonchev–Trinajstić information content (AvgIpc) is 3.04. The number of rotatable bonds is 6. The molecule has 27 heavy (non-hydrogen) atoms. The summed E-state index contributed by atoms with van der Waals surface area (Å²) in [7, 11) is 0. The SMILES string of the molecule is CCOC(=O)C(=O)N1CC[C@H](NC(=O)c2nc(Cl)c(CC)[nH]2)[C@H](OCC)C1. The van der Waals surface area contributed by atoms with Gasteiger partial charge in [-0.3, -0.25) is 9.59 Å². The topological polar surface area (TPSA) is 114 Å². The molecule has 9 nitrogen and oxygen atoms in total. The van der Waals surface area contributed by atoms with Crippen molar-refractivity contribution in [3.8, 4) is 0 Å². The molecule has 1 saturated heterocycles. The maximum Gasteiger partial charge on any atom is 0.397 e. The van der Waals surface area contributed by atoms with E-state index in [0.29, 0.717) is 31.7 Å². The first-order chi connectivity index (χ1) is 12.9. The lowest BCUT2D eigenvalue weighted by Gasteiger charge is -2.37. The first-order valence-electron chi connectivity index (χ1n) is 9.04.